The smallest absolute Gasteiger partial charge is 0.335 e. The van der Waals surface area contributed by atoms with Gasteiger partial charge in [0.1, 0.15) is 18.3 Å². The molecule has 0 radical (unpaired) electrons. The van der Waals surface area contributed by atoms with E-state index in [1.807, 2.05) is 0 Å². The summed E-state index contributed by atoms with van der Waals surface area (Å²) >= 11 is 0. The molecule has 0 bridgehead atoms. The van der Waals surface area contributed by atoms with Crippen molar-refractivity contribution in [3.05, 3.63) is 0 Å². The fraction of sp³-hybridized carbons (Fsp3) is 0.960. The van der Waals surface area contributed by atoms with Gasteiger partial charge in [0, 0.05) is 0 Å². The first-order valence-corrected chi connectivity index (χ1v) is 12.8. The van der Waals surface area contributed by atoms with Gasteiger partial charge in [0.2, 0.25) is 0 Å². The number of aliphatic hydroxyl groups is 4. The predicted molar refractivity (Wildman–Crippen MR) is 117 cm³/mol. The number of rotatable bonds is 3. The first kappa shape index (κ1) is 23.9. The van der Waals surface area contributed by atoms with Gasteiger partial charge >= 0.3 is 5.97 Å². The molecule has 0 spiro atoms. The zero-order valence-corrected chi connectivity index (χ0v) is 19.7. The van der Waals surface area contributed by atoms with Gasteiger partial charge in [-0.3, -0.25) is 0 Å². The van der Waals surface area contributed by atoms with Crippen LogP contribution in [0, 0.1) is 34.5 Å². The molecule has 0 amide bonds. The largest absolute Gasteiger partial charge is 0.479 e. The van der Waals surface area contributed by atoms with Gasteiger partial charge in [0.05, 0.1) is 12.2 Å². The third-order valence-electron chi connectivity index (χ3n) is 10.7. The highest BCUT2D eigenvalue weighted by atomic mass is 16.7. The topological polar surface area (TPSA) is 137 Å². The summed E-state index contributed by atoms with van der Waals surface area (Å²) in [6, 6.07) is 0. The van der Waals surface area contributed by atoms with Crippen LogP contribution in [0.1, 0.15) is 71.6 Å². The Bertz CT molecular complexity index is 761. The highest BCUT2D eigenvalue weighted by molar-refractivity contribution is 5.73. The van der Waals surface area contributed by atoms with Gasteiger partial charge in [0.25, 0.3) is 0 Å². The minimum Gasteiger partial charge on any atom is -0.479 e. The highest BCUT2D eigenvalue weighted by Gasteiger charge is 2.61. The van der Waals surface area contributed by atoms with E-state index in [1.165, 1.54) is 12.8 Å². The molecule has 13 atom stereocenters. The Balaban J connectivity index is 1.32. The maximum Gasteiger partial charge on any atom is 0.335 e. The van der Waals surface area contributed by atoms with Gasteiger partial charge in [-0.15, -0.1) is 0 Å². The van der Waals surface area contributed by atoms with E-state index in [0.29, 0.717) is 29.1 Å². The Morgan fingerprint density at radius 2 is 1.55 bits per heavy atom. The maximum atomic E-state index is 11.5. The first-order chi connectivity index (χ1) is 15.6. The Kier molecular flexibility index (Phi) is 6.11. The van der Waals surface area contributed by atoms with Crippen molar-refractivity contribution in [1.82, 2.24) is 0 Å². The number of carbonyl (C=O) groups is 1. The molecule has 4 aliphatic carbocycles. The van der Waals surface area contributed by atoms with Crippen LogP contribution < -0.4 is 0 Å². The lowest BCUT2D eigenvalue weighted by Gasteiger charge is -2.61. The molecule has 0 aromatic heterocycles. The van der Waals surface area contributed by atoms with Gasteiger partial charge in [-0.05, 0) is 92.3 Å². The summed E-state index contributed by atoms with van der Waals surface area (Å²) in [4.78, 5) is 11.5. The summed E-state index contributed by atoms with van der Waals surface area (Å²) in [5, 5.41) is 50.2. The molecule has 0 unspecified atom stereocenters. The Morgan fingerprint density at radius 3 is 2.27 bits per heavy atom. The van der Waals surface area contributed by atoms with Crippen LogP contribution >= 0.6 is 0 Å². The zero-order chi connectivity index (χ0) is 23.7. The minimum absolute atomic E-state index is 0.0959. The second kappa shape index (κ2) is 8.42. The van der Waals surface area contributed by atoms with Crippen LogP contribution in [-0.2, 0) is 14.3 Å². The average Bonchev–Trinajstić information content (AvgIpc) is 3.10. The molecule has 8 nitrogen and oxygen atoms in total. The zero-order valence-electron chi connectivity index (χ0n) is 19.7. The van der Waals surface area contributed by atoms with Crippen LogP contribution in [0.3, 0.4) is 0 Å². The summed E-state index contributed by atoms with van der Waals surface area (Å²) in [5.74, 6) is 0.987. The third-order valence-corrected chi connectivity index (χ3v) is 10.7. The summed E-state index contributed by atoms with van der Waals surface area (Å²) in [6.07, 6.45) is 1.15. The van der Waals surface area contributed by atoms with Gasteiger partial charge in [-0.25, -0.2) is 4.79 Å². The number of carboxylic acid groups (broad SMARTS) is 1. The van der Waals surface area contributed by atoms with E-state index >= 15 is 0 Å². The van der Waals surface area contributed by atoms with Crippen molar-refractivity contribution in [2.24, 2.45) is 34.5 Å². The summed E-state index contributed by atoms with van der Waals surface area (Å²) in [7, 11) is 0. The van der Waals surface area contributed by atoms with Crippen LogP contribution in [0.25, 0.3) is 0 Å². The lowest BCUT2D eigenvalue weighted by molar-refractivity contribution is -0.313. The molecule has 5 fully saturated rings. The van der Waals surface area contributed by atoms with Gasteiger partial charge in [-0.2, -0.15) is 0 Å². The Labute approximate surface area is 195 Å². The molecule has 0 aromatic carbocycles. The van der Waals surface area contributed by atoms with Crippen LogP contribution in [-0.4, -0.2) is 74.4 Å². The molecule has 0 aromatic rings. The van der Waals surface area contributed by atoms with Crippen molar-refractivity contribution >= 4 is 5.97 Å². The first-order valence-electron chi connectivity index (χ1n) is 12.8. The molecular weight excluding hydrogens is 428 g/mol. The molecule has 8 heteroatoms. The number of carboxylic acids is 1. The van der Waals surface area contributed by atoms with Crippen LogP contribution in [0.4, 0.5) is 0 Å². The average molecular weight is 469 g/mol. The number of aliphatic hydroxyl groups excluding tert-OH is 4. The van der Waals surface area contributed by atoms with Crippen molar-refractivity contribution in [2.75, 3.05) is 0 Å². The summed E-state index contributed by atoms with van der Waals surface area (Å²) < 4.78 is 11.6. The number of aliphatic carboxylic acids is 1. The van der Waals surface area contributed by atoms with Crippen LogP contribution in [0.2, 0.25) is 0 Å². The van der Waals surface area contributed by atoms with E-state index in [9.17, 15) is 30.3 Å². The third kappa shape index (κ3) is 3.67. The minimum atomic E-state index is -1.70. The predicted octanol–water partition coefficient (Wildman–Crippen LogP) is 1.67. The van der Waals surface area contributed by atoms with Crippen LogP contribution in [0.15, 0.2) is 0 Å². The lowest BCUT2D eigenvalue weighted by atomic mass is 9.45. The van der Waals surface area contributed by atoms with E-state index in [0.717, 1.165) is 44.9 Å². The summed E-state index contributed by atoms with van der Waals surface area (Å²) in [5.41, 5.74) is 0.196. The van der Waals surface area contributed by atoms with E-state index in [1.54, 1.807) is 0 Å². The van der Waals surface area contributed by atoms with Crippen molar-refractivity contribution in [1.29, 1.82) is 0 Å². The molecule has 1 saturated heterocycles. The van der Waals surface area contributed by atoms with Gasteiger partial charge in [0.15, 0.2) is 12.4 Å². The second-order valence-electron chi connectivity index (χ2n) is 12.1. The molecule has 188 valence electrons. The number of hydrogen-bond donors (Lipinski definition) is 5. The lowest BCUT2D eigenvalue weighted by Crippen LogP contribution is -2.61. The van der Waals surface area contributed by atoms with Gasteiger partial charge in [-0.1, -0.05) is 13.8 Å². The van der Waals surface area contributed by atoms with Crippen LogP contribution in [0.5, 0.6) is 0 Å². The second-order valence-corrected chi connectivity index (χ2v) is 12.1. The highest BCUT2D eigenvalue weighted by Crippen LogP contribution is 2.66. The number of fused-ring (bicyclic) bond motifs is 5. The van der Waals surface area contributed by atoms with E-state index in [2.05, 4.69) is 13.8 Å². The molecule has 5 N–H and O–H groups in total. The monoisotopic (exact) mass is 468 g/mol. The molecular formula is C25H40O8. The molecule has 1 heterocycles. The number of ether oxygens (including phenoxy) is 2. The van der Waals surface area contributed by atoms with E-state index in [4.69, 9.17) is 9.47 Å². The molecule has 1 aliphatic heterocycles. The standard InChI is InChI=1S/C25H40O8/c1-24-9-7-13(26)11-12(24)3-4-14-15-5-6-17(25(15,2)10-8-16(14)24)32-23-20(29)18(27)19(28)21(33-23)22(30)31/h12-21,23,26-29H,3-11H2,1-2H3,(H,30,31)/t12-,13-,14+,15+,16+,17+,18+,19+,20-,21+,23-,24+,25+/m1/s1. The fourth-order valence-corrected chi connectivity index (χ4v) is 8.74. The molecule has 33 heavy (non-hydrogen) atoms. The van der Waals surface area contributed by atoms with Crippen molar-refractivity contribution in [3.63, 3.8) is 0 Å². The Morgan fingerprint density at radius 1 is 0.848 bits per heavy atom. The summed E-state index contributed by atoms with van der Waals surface area (Å²) in [6.45, 7) is 4.72. The van der Waals surface area contributed by atoms with E-state index in [-0.39, 0.29) is 17.6 Å². The van der Waals surface area contributed by atoms with Crippen molar-refractivity contribution in [2.45, 2.75) is 115 Å². The quantitative estimate of drug-likeness (QED) is 0.422. The molecule has 4 saturated carbocycles. The maximum absolute atomic E-state index is 11.5. The van der Waals surface area contributed by atoms with E-state index < -0.39 is 36.7 Å². The Hall–Kier alpha value is -0.770. The molecule has 5 rings (SSSR count). The van der Waals surface area contributed by atoms with Gasteiger partial charge < -0.3 is 35.0 Å². The normalized spacial score (nSPS) is 56.5. The molecule has 5 aliphatic rings. The fourth-order valence-electron chi connectivity index (χ4n) is 8.74. The number of hydrogen-bond acceptors (Lipinski definition) is 7. The SMILES string of the molecule is C[C@]12CC[C@@H](O)C[C@H]1CC[C@@H]1[C@@H]2CC[C@]2(C)[C@@H](O[C@@H]3O[C@H](C(=O)O)[C@@H](O)[C@H](O)[C@H]3O)CC[C@@H]12. The van der Waals surface area contributed by atoms with Crippen molar-refractivity contribution < 1.29 is 39.8 Å². The van der Waals surface area contributed by atoms with Crippen molar-refractivity contribution in [3.8, 4) is 0 Å².